The minimum atomic E-state index is -0.334. The zero-order valence-corrected chi connectivity index (χ0v) is 10.6. The molecule has 0 spiro atoms. The fraction of sp³-hybridized carbons (Fsp3) is 0.583. The normalized spacial score (nSPS) is 25.1. The van der Waals surface area contributed by atoms with Gasteiger partial charge >= 0.3 is 0 Å². The number of aliphatic hydroxyl groups excluding tert-OH is 2. The second-order valence-corrected chi connectivity index (χ2v) is 4.99. The Morgan fingerprint density at radius 2 is 2.35 bits per heavy atom. The zero-order valence-electron chi connectivity index (χ0n) is 9.80. The van der Waals surface area contributed by atoms with Crippen LogP contribution in [0.3, 0.4) is 0 Å². The van der Waals surface area contributed by atoms with Crippen molar-refractivity contribution in [3.63, 3.8) is 0 Å². The Balaban J connectivity index is 2.17. The van der Waals surface area contributed by atoms with Crippen molar-refractivity contribution in [1.29, 1.82) is 0 Å². The van der Waals surface area contributed by atoms with Gasteiger partial charge in [-0.05, 0) is 24.0 Å². The molecule has 1 aromatic rings. The van der Waals surface area contributed by atoms with E-state index in [9.17, 15) is 5.11 Å². The molecule has 0 amide bonds. The van der Waals surface area contributed by atoms with Gasteiger partial charge in [-0.25, -0.2) is 4.98 Å². The van der Waals surface area contributed by atoms with Gasteiger partial charge < -0.3 is 15.1 Å². The molecule has 1 aliphatic rings. The molecule has 0 aliphatic carbocycles. The predicted molar refractivity (Wildman–Crippen MR) is 67.2 cm³/mol. The summed E-state index contributed by atoms with van der Waals surface area (Å²) in [5.74, 6) is 1.01. The molecule has 1 aromatic heterocycles. The molecule has 1 aliphatic heterocycles. The van der Waals surface area contributed by atoms with Crippen LogP contribution in [0, 0.1) is 5.92 Å². The molecule has 2 unspecified atom stereocenters. The first-order chi connectivity index (χ1) is 8.11. The molecular weight excluding hydrogens is 240 g/mol. The van der Waals surface area contributed by atoms with Crippen LogP contribution in [0.25, 0.3) is 0 Å². The first-order valence-corrected chi connectivity index (χ1v) is 6.18. The molecule has 17 heavy (non-hydrogen) atoms. The van der Waals surface area contributed by atoms with E-state index >= 15 is 0 Å². The molecule has 4 nitrogen and oxygen atoms in total. The Labute approximate surface area is 106 Å². The largest absolute Gasteiger partial charge is 0.392 e. The lowest BCUT2D eigenvalue weighted by Crippen LogP contribution is -2.43. The van der Waals surface area contributed by atoms with Crippen molar-refractivity contribution in [3.8, 4) is 0 Å². The van der Waals surface area contributed by atoms with Crippen LogP contribution in [0.4, 0.5) is 5.82 Å². The molecule has 2 rings (SSSR count). The Morgan fingerprint density at radius 1 is 1.59 bits per heavy atom. The van der Waals surface area contributed by atoms with Crippen LogP contribution in [0.1, 0.15) is 18.9 Å². The van der Waals surface area contributed by atoms with Crippen molar-refractivity contribution in [2.75, 3.05) is 18.0 Å². The Kier molecular flexibility index (Phi) is 3.86. The molecule has 2 atom stereocenters. The highest BCUT2D eigenvalue weighted by Gasteiger charge is 2.26. The summed E-state index contributed by atoms with van der Waals surface area (Å²) in [4.78, 5) is 6.25. The summed E-state index contributed by atoms with van der Waals surface area (Å²) in [6.07, 6.45) is 2.21. The van der Waals surface area contributed by atoms with E-state index < -0.39 is 0 Å². The number of piperidine rings is 1. The average molecular weight is 257 g/mol. The van der Waals surface area contributed by atoms with E-state index in [1.54, 1.807) is 12.3 Å². The van der Waals surface area contributed by atoms with E-state index in [0.717, 1.165) is 13.0 Å². The molecule has 1 fully saturated rings. The van der Waals surface area contributed by atoms with Gasteiger partial charge in [0, 0.05) is 19.3 Å². The van der Waals surface area contributed by atoms with E-state index in [1.165, 1.54) is 0 Å². The summed E-state index contributed by atoms with van der Waals surface area (Å²) in [5.41, 5.74) is 0.699. The quantitative estimate of drug-likeness (QED) is 0.841. The fourth-order valence-electron chi connectivity index (χ4n) is 2.03. The lowest BCUT2D eigenvalue weighted by molar-refractivity contribution is 0.102. The highest BCUT2D eigenvalue weighted by Crippen LogP contribution is 2.28. The molecule has 2 N–H and O–H groups in total. The van der Waals surface area contributed by atoms with Crippen molar-refractivity contribution < 1.29 is 10.2 Å². The molecule has 5 heteroatoms. The number of β-amino-alcohol motifs (C(OH)–C–C–N with tert-alkyl or cyclic N) is 1. The molecule has 2 heterocycles. The number of hydrogen-bond donors (Lipinski definition) is 2. The monoisotopic (exact) mass is 256 g/mol. The summed E-state index contributed by atoms with van der Waals surface area (Å²) in [6.45, 7) is 3.40. The Morgan fingerprint density at radius 3 is 2.94 bits per heavy atom. The smallest absolute Gasteiger partial charge is 0.147 e. The number of pyridine rings is 1. The third-order valence-corrected chi connectivity index (χ3v) is 3.56. The van der Waals surface area contributed by atoms with E-state index in [1.807, 2.05) is 11.8 Å². The second kappa shape index (κ2) is 5.21. The maximum Gasteiger partial charge on any atom is 0.147 e. The molecule has 0 radical (unpaired) electrons. The third kappa shape index (κ3) is 2.70. The fourth-order valence-corrected chi connectivity index (χ4v) is 2.34. The van der Waals surface area contributed by atoms with Gasteiger partial charge in [0.15, 0.2) is 0 Å². The lowest BCUT2D eigenvalue weighted by atomic mass is 9.96. The number of hydrogen-bond acceptors (Lipinski definition) is 4. The van der Waals surface area contributed by atoms with E-state index in [4.69, 9.17) is 16.7 Å². The van der Waals surface area contributed by atoms with Gasteiger partial charge in [0.2, 0.25) is 0 Å². The van der Waals surface area contributed by atoms with Crippen molar-refractivity contribution in [1.82, 2.24) is 4.98 Å². The summed E-state index contributed by atoms with van der Waals surface area (Å²) < 4.78 is 0. The van der Waals surface area contributed by atoms with Crippen LogP contribution in [-0.4, -0.2) is 34.4 Å². The number of rotatable bonds is 2. The molecule has 94 valence electrons. The van der Waals surface area contributed by atoms with Crippen LogP contribution >= 0.6 is 11.6 Å². The Hall–Kier alpha value is -0.840. The van der Waals surface area contributed by atoms with Crippen molar-refractivity contribution in [2.24, 2.45) is 5.92 Å². The van der Waals surface area contributed by atoms with E-state index in [-0.39, 0.29) is 12.7 Å². The Bertz CT molecular complexity index is 400. The van der Waals surface area contributed by atoms with Gasteiger partial charge in [-0.15, -0.1) is 0 Å². The summed E-state index contributed by atoms with van der Waals surface area (Å²) >= 11 is 6.13. The summed E-state index contributed by atoms with van der Waals surface area (Å²) in [7, 11) is 0. The van der Waals surface area contributed by atoms with Crippen LogP contribution in [0.2, 0.25) is 5.02 Å². The van der Waals surface area contributed by atoms with Crippen LogP contribution in [0.15, 0.2) is 12.3 Å². The maximum absolute atomic E-state index is 9.85. The maximum atomic E-state index is 9.85. The number of anilines is 1. The van der Waals surface area contributed by atoms with E-state index in [0.29, 0.717) is 28.9 Å². The number of aliphatic hydroxyl groups is 2. The van der Waals surface area contributed by atoms with Gasteiger partial charge in [0.25, 0.3) is 0 Å². The highest BCUT2D eigenvalue weighted by atomic mass is 35.5. The van der Waals surface area contributed by atoms with Crippen LogP contribution in [0.5, 0.6) is 0 Å². The van der Waals surface area contributed by atoms with Crippen LogP contribution in [-0.2, 0) is 6.61 Å². The lowest BCUT2D eigenvalue weighted by Gasteiger charge is -2.35. The van der Waals surface area contributed by atoms with Gasteiger partial charge in [-0.1, -0.05) is 18.5 Å². The van der Waals surface area contributed by atoms with Crippen LogP contribution < -0.4 is 4.90 Å². The van der Waals surface area contributed by atoms with Gasteiger partial charge in [0.1, 0.15) is 5.82 Å². The van der Waals surface area contributed by atoms with E-state index in [2.05, 4.69) is 4.98 Å². The predicted octanol–water partition coefficient (Wildman–Crippen LogP) is 1.43. The molecule has 0 saturated carbocycles. The molecule has 0 aromatic carbocycles. The van der Waals surface area contributed by atoms with Crippen molar-refractivity contribution in [3.05, 3.63) is 22.8 Å². The first-order valence-electron chi connectivity index (χ1n) is 5.80. The third-order valence-electron chi connectivity index (χ3n) is 3.28. The van der Waals surface area contributed by atoms with Gasteiger partial charge in [-0.2, -0.15) is 0 Å². The number of aromatic nitrogens is 1. The highest BCUT2D eigenvalue weighted by molar-refractivity contribution is 6.33. The minimum absolute atomic E-state index is 0.0628. The first kappa shape index (κ1) is 12.6. The topological polar surface area (TPSA) is 56.6 Å². The SMILES string of the molecule is CC1CCN(c2ncc(CO)cc2Cl)CC1O. The second-order valence-electron chi connectivity index (χ2n) is 4.59. The minimum Gasteiger partial charge on any atom is -0.392 e. The molecular formula is C12H17ClN2O2. The standard InChI is InChI=1S/C12H17ClN2O2/c1-8-2-3-15(6-11(8)17)12-10(13)4-9(7-16)5-14-12/h4-5,8,11,16-17H,2-3,6-7H2,1H3. The van der Waals surface area contributed by atoms with Crippen molar-refractivity contribution in [2.45, 2.75) is 26.1 Å². The summed E-state index contributed by atoms with van der Waals surface area (Å²) in [5, 5.41) is 19.4. The summed E-state index contributed by atoms with van der Waals surface area (Å²) in [6, 6.07) is 1.72. The average Bonchev–Trinajstić information content (AvgIpc) is 2.32. The number of nitrogens with zero attached hydrogens (tertiary/aromatic N) is 2. The molecule has 1 saturated heterocycles. The van der Waals surface area contributed by atoms with Gasteiger partial charge in [0.05, 0.1) is 17.7 Å². The number of halogens is 1. The van der Waals surface area contributed by atoms with Gasteiger partial charge in [-0.3, -0.25) is 0 Å². The zero-order chi connectivity index (χ0) is 12.4. The van der Waals surface area contributed by atoms with Crippen molar-refractivity contribution >= 4 is 17.4 Å². The molecule has 0 bridgehead atoms.